The highest BCUT2D eigenvalue weighted by Crippen LogP contribution is 2.29. The summed E-state index contributed by atoms with van der Waals surface area (Å²) in [6, 6.07) is 24.0. The predicted molar refractivity (Wildman–Crippen MR) is 151 cm³/mol. The number of H-pyrrole nitrogens is 1. The second-order valence-electron chi connectivity index (χ2n) is 10.3. The van der Waals surface area contributed by atoms with Gasteiger partial charge in [0.1, 0.15) is 5.75 Å². The zero-order chi connectivity index (χ0) is 27.1. The third-order valence-corrected chi connectivity index (χ3v) is 6.65. The highest BCUT2D eigenvalue weighted by molar-refractivity contribution is 5.94. The molecule has 1 amide bonds. The largest absolute Gasteiger partial charge is 0.506 e. The molecule has 1 aromatic heterocycles. The third-order valence-electron chi connectivity index (χ3n) is 6.65. The molecule has 1 heterocycles. The van der Waals surface area contributed by atoms with Crippen molar-refractivity contribution in [2.24, 2.45) is 0 Å². The number of rotatable bonds is 11. The molecule has 3 aromatic carbocycles. The lowest BCUT2D eigenvalue weighted by atomic mass is 9.93. The van der Waals surface area contributed by atoms with Crippen LogP contribution in [-0.2, 0) is 12.8 Å². The monoisotopic (exact) mass is 513 g/mol. The van der Waals surface area contributed by atoms with Gasteiger partial charge in [-0.2, -0.15) is 0 Å². The Balaban J connectivity index is 1.32. The molecule has 0 saturated carbocycles. The number of aromatic amines is 1. The molecule has 0 bridgehead atoms. The summed E-state index contributed by atoms with van der Waals surface area (Å²) in [6.45, 7) is 4.97. The van der Waals surface area contributed by atoms with Crippen LogP contribution in [-0.4, -0.2) is 39.7 Å². The van der Waals surface area contributed by atoms with Crippen molar-refractivity contribution in [2.75, 3.05) is 13.1 Å². The Morgan fingerprint density at radius 1 is 0.974 bits per heavy atom. The van der Waals surface area contributed by atoms with E-state index in [4.69, 9.17) is 0 Å². The first-order chi connectivity index (χ1) is 18.2. The van der Waals surface area contributed by atoms with Crippen LogP contribution in [0.25, 0.3) is 10.9 Å². The van der Waals surface area contributed by atoms with E-state index >= 15 is 0 Å². The molecule has 0 fully saturated rings. The molecule has 0 aliphatic rings. The minimum Gasteiger partial charge on any atom is -0.506 e. The summed E-state index contributed by atoms with van der Waals surface area (Å²) in [5.74, 6) is -0.125. The number of benzene rings is 3. The molecule has 0 radical (unpaired) electrons. The standard InChI is InChI=1S/C31H35N3O4/c1-31(2,33-20-27(36)24-13-15-26(35)29-25(24)14-16-28(37)34-29)19-22-10-6-12-23(18-22)30(38)32-17-7-11-21-8-4-3-5-9-21/h3-6,8-10,12-16,18,27,33,35-36H,7,11,17,19-20H2,1-2H3,(H,32,38)(H,34,37)/t27-/m0/s1. The highest BCUT2D eigenvalue weighted by Gasteiger charge is 2.22. The van der Waals surface area contributed by atoms with Gasteiger partial charge in [-0.15, -0.1) is 0 Å². The second kappa shape index (κ2) is 12.1. The topological polar surface area (TPSA) is 114 Å². The average Bonchev–Trinajstić information content (AvgIpc) is 2.91. The van der Waals surface area contributed by atoms with Crippen molar-refractivity contribution in [3.63, 3.8) is 0 Å². The number of fused-ring (bicyclic) bond motifs is 1. The number of carbonyl (C=O) groups excluding carboxylic acids is 1. The number of aromatic nitrogens is 1. The lowest BCUT2D eigenvalue weighted by Gasteiger charge is -2.28. The zero-order valence-electron chi connectivity index (χ0n) is 21.8. The summed E-state index contributed by atoms with van der Waals surface area (Å²) in [7, 11) is 0. The Labute approximate surface area is 222 Å². The van der Waals surface area contributed by atoms with Gasteiger partial charge in [-0.25, -0.2) is 0 Å². The van der Waals surface area contributed by atoms with Gasteiger partial charge in [0.25, 0.3) is 5.91 Å². The van der Waals surface area contributed by atoms with Crippen molar-refractivity contribution in [3.05, 3.63) is 111 Å². The number of hydrogen-bond acceptors (Lipinski definition) is 5. The molecule has 1 atom stereocenters. The van der Waals surface area contributed by atoms with Crippen LogP contribution < -0.4 is 16.2 Å². The van der Waals surface area contributed by atoms with Crippen molar-refractivity contribution in [1.29, 1.82) is 0 Å². The van der Waals surface area contributed by atoms with Crippen LogP contribution >= 0.6 is 0 Å². The molecule has 0 aliphatic heterocycles. The normalized spacial score (nSPS) is 12.4. The maximum Gasteiger partial charge on any atom is 0.251 e. The predicted octanol–water partition coefficient (Wildman–Crippen LogP) is 4.24. The molecule has 4 rings (SSSR count). The van der Waals surface area contributed by atoms with Crippen LogP contribution in [0.4, 0.5) is 0 Å². The van der Waals surface area contributed by atoms with Gasteiger partial charge >= 0.3 is 0 Å². The molecule has 38 heavy (non-hydrogen) atoms. The van der Waals surface area contributed by atoms with Gasteiger partial charge < -0.3 is 25.8 Å². The Hall–Kier alpha value is -3.94. The Morgan fingerprint density at radius 3 is 2.53 bits per heavy atom. The fourth-order valence-electron chi connectivity index (χ4n) is 4.67. The third kappa shape index (κ3) is 7.09. The van der Waals surface area contributed by atoms with Gasteiger partial charge in [0.15, 0.2) is 0 Å². The van der Waals surface area contributed by atoms with E-state index in [1.807, 2.05) is 56.3 Å². The van der Waals surface area contributed by atoms with Gasteiger partial charge in [0, 0.05) is 35.6 Å². The number of aliphatic hydroxyl groups excluding tert-OH is 1. The molecule has 5 N–H and O–H groups in total. The molecule has 0 aliphatic carbocycles. The summed E-state index contributed by atoms with van der Waals surface area (Å²) in [5.41, 5.74) is 3.14. The van der Waals surface area contributed by atoms with Gasteiger partial charge in [-0.1, -0.05) is 48.5 Å². The van der Waals surface area contributed by atoms with Crippen molar-refractivity contribution in [3.8, 4) is 5.75 Å². The van der Waals surface area contributed by atoms with Crippen molar-refractivity contribution < 1.29 is 15.0 Å². The molecular weight excluding hydrogens is 478 g/mol. The first-order valence-electron chi connectivity index (χ1n) is 12.9. The first-order valence-corrected chi connectivity index (χ1v) is 12.9. The highest BCUT2D eigenvalue weighted by atomic mass is 16.3. The SMILES string of the molecule is CC(C)(Cc1cccc(C(=O)NCCCc2ccccc2)c1)NC[C@H](O)c1ccc(O)c2[nH]c(=O)ccc12. The van der Waals surface area contributed by atoms with E-state index in [2.05, 4.69) is 27.8 Å². The number of carbonyl (C=O) groups is 1. The Bertz CT molecular complexity index is 1450. The molecule has 0 saturated heterocycles. The van der Waals surface area contributed by atoms with E-state index in [1.54, 1.807) is 12.1 Å². The van der Waals surface area contributed by atoms with Gasteiger partial charge in [0.05, 0.1) is 11.6 Å². The number of aliphatic hydroxyl groups is 1. The fraction of sp³-hybridized carbons (Fsp3) is 0.290. The van der Waals surface area contributed by atoms with E-state index in [0.29, 0.717) is 35.0 Å². The number of β-amino-alcohol motifs (C(OH)–C–C–N with tert-alkyl or cyclic N) is 1. The smallest absolute Gasteiger partial charge is 0.251 e. The van der Waals surface area contributed by atoms with Crippen LogP contribution in [0.1, 0.15) is 53.4 Å². The number of hydrogen-bond donors (Lipinski definition) is 5. The van der Waals surface area contributed by atoms with E-state index in [9.17, 15) is 19.8 Å². The van der Waals surface area contributed by atoms with Crippen LogP contribution in [0.15, 0.2) is 83.7 Å². The summed E-state index contributed by atoms with van der Waals surface area (Å²) >= 11 is 0. The van der Waals surface area contributed by atoms with Gasteiger partial charge in [0.2, 0.25) is 5.56 Å². The number of phenolic OH excluding ortho intramolecular Hbond substituents is 1. The molecule has 0 unspecified atom stereocenters. The molecule has 0 spiro atoms. The van der Waals surface area contributed by atoms with Crippen LogP contribution in [0.2, 0.25) is 0 Å². The van der Waals surface area contributed by atoms with E-state index < -0.39 is 6.10 Å². The number of phenols is 1. The summed E-state index contributed by atoms with van der Waals surface area (Å²) in [5, 5.41) is 28.0. The Kier molecular flexibility index (Phi) is 8.61. The average molecular weight is 514 g/mol. The number of nitrogens with one attached hydrogen (secondary N) is 3. The van der Waals surface area contributed by atoms with Crippen molar-refractivity contribution in [2.45, 2.75) is 44.8 Å². The zero-order valence-corrected chi connectivity index (χ0v) is 21.8. The van der Waals surface area contributed by atoms with E-state index in [0.717, 1.165) is 18.4 Å². The second-order valence-corrected chi connectivity index (χ2v) is 10.3. The summed E-state index contributed by atoms with van der Waals surface area (Å²) in [6.07, 6.45) is 1.60. The lowest BCUT2D eigenvalue weighted by molar-refractivity contribution is 0.0953. The minimum absolute atomic E-state index is 0.0398. The van der Waals surface area contributed by atoms with Crippen molar-refractivity contribution in [1.82, 2.24) is 15.6 Å². The lowest BCUT2D eigenvalue weighted by Crippen LogP contribution is -2.43. The minimum atomic E-state index is -0.851. The van der Waals surface area contributed by atoms with Crippen molar-refractivity contribution >= 4 is 16.8 Å². The van der Waals surface area contributed by atoms with Crippen LogP contribution in [0, 0.1) is 0 Å². The molecular formula is C31H35N3O4. The molecule has 7 nitrogen and oxygen atoms in total. The summed E-state index contributed by atoms with van der Waals surface area (Å²) in [4.78, 5) is 27.0. The summed E-state index contributed by atoms with van der Waals surface area (Å²) < 4.78 is 0. The number of aryl methyl sites for hydroxylation is 1. The molecule has 4 aromatic rings. The molecule has 198 valence electrons. The van der Waals surface area contributed by atoms with Crippen LogP contribution in [0.5, 0.6) is 5.75 Å². The fourth-order valence-corrected chi connectivity index (χ4v) is 4.67. The van der Waals surface area contributed by atoms with E-state index in [1.165, 1.54) is 17.7 Å². The Morgan fingerprint density at radius 2 is 1.74 bits per heavy atom. The van der Waals surface area contributed by atoms with Crippen LogP contribution in [0.3, 0.4) is 0 Å². The maximum absolute atomic E-state index is 12.7. The maximum atomic E-state index is 12.7. The van der Waals surface area contributed by atoms with Gasteiger partial charge in [-0.05, 0) is 74.1 Å². The molecule has 7 heteroatoms. The number of aromatic hydroxyl groups is 1. The first kappa shape index (κ1) is 27.1. The number of pyridine rings is 1. The quantitative estimate of drug-likeness (QED) is 0.193. The van der Waals surface area contributed by atoms with Gasteiger partial charge in [-0.3, -0.25) is 9.59 Å². The van der Waals surface area contributed by atoms with E-state index in [-0.39, 0.29) is 29.3 Å². The number of amides is 1.